The third-order valence-electron chi connectivity index (χ3n) is 7.57. The van der Waals surface area contributed by atoms with E-state index in [2.05, 4.69) is 6.92 Å². The molecular weight excluding hydrogens is 264 g/mol. The standard InChI is InChI=1S/C22H40/c1-2-18-8-10-20(11-9-18)17-22-14-12-21(13-15-22)16-19-6-4-3-5-7-19/h18-22H,2-17H2,1H3. The van der Waals surface area contributed by atoms with Crippen molar-refractivity contribution in [1.29, 1.82) is 0 Å². The molecule has 0 bridgehead atoms. The molecule has 3 aliphatic rings. The normalized spacial score (nSPS) is 38.0. The number of hydrogen-bond acceptors (Lipinski definition) is 0. The zero-order chi connectivity index (χ0) is 15.2. The van der Waals surface area contributed by atoms with Crippen LogP contribution in [-0.4, -0.2) is 0 Å². The van der Waals surface area contributed by atoms with Crippen molar-refractivity contribution < 1.29 is 0 Å². The van der Waals surface area contributed by atoms with E-state index in [-0.39, 0.29) is 0 Å². The van der Waals surface area contributed by atoms with Crippen LogP contribution in [-0.2, 0) is 0 Å². The van der Waals surface area contributed by atoms with Crippen molar-refractivity contribution in [3.8, 4) is 0 Å². The predicted molar refractivity (Wildman–Crippen MR) is 97.0 cm³/mol. The summed E-state index contributed by atoms with van der Waals surface area (Å²) in [6.45, 7) is 2.39. The molecule has 0 radical (unpaired) electrons. The topological polar surface area (TPSA) is 0 Å². The second-order valence-corrected chi connectivity index (χ2v) is 9.16. The minimum atomic E-state index is 1.07. The molecule has 0 aromatic rings. The van der Waals surface area contributed by atoms with E-state index in [1.807, 2.05) is 0 Å². The Balaban J connectivity index is 1.32. The van der Waals surface area contributed by atoms with Crippen LogP contribution in [0.15, 0.2) is 0 Å². The zero-order valence-corrected chi connectivity index (χ0v) is 15.2. The van der Waals surface area contributed by atoms with Crippen molar-refractivity contribution in [3.05, 3.63) is 0 Å². The van der Waals surface area contributed by atoms with Gasteiger partial charge in [0, 0.05) is 0 Å². The molecule has 0 heterocycles. The number of hydrogen-bond donors (Lipinski definition) is 0. The van der Waals surface area contributed by atoms with Crippen LogP contribution in [0.1, 0.15) is 110 Å². The molecule has 0 aromatic carbocycles. The van der Waals surface area contributed by atoms with Crippen LogP contribution >= 0.6 is 0 Å². The van der Waals surface area contributed by atoms with Gasteiger partial charge in [-0.1, -0.05) is 96.8 Å². The first kappa shape index (κ1) is 16.8. The Labute approximate surface area is 139 Å². The van der Waals surface area contributed by atoms with Gasteiger partial charge in [-0.15, -0.1) is 0 Å². The average Bonchev–Trinajstić information content (AvgIpc) is 2.58. The van der Waals surface area contributed by atoms with Gasteiger partial charge in [0.15, 0.2) is 0 Å². The molecule has 0 spiro atoms. The van der Waals surface area contributed by atoms with Crippen LogP contribution in [0.3, 0.4) is 0 Å². The molecule has 128 valence electrons. The molecule has 0 amide bonds. The average molecular weight is 305 g/mol. The van der Waals surface area contributed by atoms with Gasteiger partial charge >= 0.3 is 0 Å². The molecule has 22 heavy (non-hydrogen) atoms. The van der Waals surface area contributed by atoms with Gasteiger partial charge < -0.3 is 0 Å². The van der Waals surface area contributed by atoms with Crippen LogP contribution < -0.4 is 0 Å². The van der Waals surface area contributed by atoms with E-state index >= 15 is 0 Å². The Kier molecular flexibility index (Phi) is 6.69. The quantitative estimate of drug-likeness (QED) is 0.497. The zero-order valence-electron chi connectivity index (χ0n) is 15.2. The second-order valence-electron chi connectivity index (χ2n) is 9.16. The van der Waals surface area contributed by atoms with Gasteiger partial charge in [0.2, 0.25) is 0 Å². The third-order valence-corrected chi connectivity index (χ3v) is 7.57. The molecule has 3 fully saturated rings. The molecule has 3 rings (SSSR count). The van der Waals surface area contributed by atoms with Crippen molar-refractivity contribution in [2.75, 3.05) is 0 Å². The Bertz CT molecular complexity index is 285. The lowest BCUT2D eigenvalue weighted by atomic mass is 9.71. The Morgan fingerprint density at radius 2 is 0.818 bits per heavy atom. The van der Waals surface area contributed by atoms with Crippen molar-refractivity contribution in [2.24, 2.45) is 29.6 Å². The van der Waals surface area contributed by atoms with E-state index in [0.717, 1.165) is 29.6 Å². The van der Waals surface area contributed by atoms with E-state index in [1.54, 1.807) is 64.2 Å². The smallest absolute Gasteiger partial charge is 0.0411 e. The van der Waals surface area contributed by atoms with Gasteiger partial charge in [0.1, 0.15) is 0 Å². The highest BCUT2D eigenvalue weighted by atomic mass is 14.3. The summed E-state index contributed by atoms with van der Waals surface area (Å²) in [7, 11) is 0. The third kappa shape index (κ3) is 5.00. The fourth-order valence-corrected chi connectivity index (χ4v) is 5.94. The molecule has 0 aliphatic heterocycles. The van der Waals surface area contributed by atoms with Gasteiger partial charge in [-0.2, -0.15) is 0 Å². The maximum atomic E-state index is 2.39. The first-order valence-corrected chi connectivity index (χ1v) is 10.8. The van der Waals surface area contributed by atoms with Gasteiger partial charge in [0.25, 0.3) is 0 Å². The lowest BCUT2D eigenvalue weighted by Gasteiger charge is -2.35. The summed E-state index contributed by atoms with van der Waals surface area (Å²) in [6.07, 6.45) is 24.8. The highest BCUT2D eigenvalue weighted by molar-refractivity contribution is 4.80. The minimum Gasteiger partial charge on any atom is -0.0651 e. The van der Waals surface area contributed by atoms with Crippen molar-refractivity contribution >= 4 is 0 Å². The first-order valence-electron chi connectivity index (χ1n) is 10.8. The Hall–Kier alpha value is 0. The fourth-order valence-electron chi connectivity index (χ4n) is 5.94. The first-order chi connectivity index (χ1) is 10.8. The largest absolute Gasteiger partial charge is 0.0651 e. The summed E-state index contributed by atoms with van der Waals surface area (Å²) >= 11 is 0. The van der Waals surface area contributed by atoms with E-state index in [9.17, 15) is 0 Å². The highest BCUT2D eigenvalue weighted by Crippen LogP contribution is 2.41. The summed E-state index contributed by atoms with van der Waals surface area (Å²) < 4.78 is 0. The van der Waals surface area contributed by atoms with Crippen LogP contribution in [0.2, 0.25) is 0 Å². The fraction of sp³-hybridized carbons (Fsp3) is 1.00. The van der Waals surface area contributed by atoms with Gasteiger partial charge in [-0.05, 0) is 42.4 Å². The maximum Gasteiger partial charge on any atom is -0.0411 e. The van der Waals surface area contributed by atoms with Crippen molar-refractivity contribution in [3.63, 3.8) is 0 Å². The Morgan fingerprint density at radius 1 is 0.455 bits per heavy atom. The molecule has 0 aromatic heterocycles. The summed E-state index contributed by atoms with van der Waals surface area (Å²) in [5.41, 5.74) is 0. The van der Waals surface area contributed by atoms with E-state index in [4.69, 9.17) is 0 Å². The second kappa shape index (κ2) is 8.74. The molecule has 0 unspecified atom stereocenters. The van der Waals surface area contributed by atoms with Gasteiger partial charge in [0.05, 0.1) is 0 Å². The summed E-state index contributed by atoms with van der Waals surface area (Å²) in [5, 5.41) is 0. The lowest BCUT2D eigenvalue weighted by molar-refractivity contribution is 0.171. The lowest BCUT2D eigenvalue weighted by Crippen LogP contribution is -2.22. The SMILES string of the molecule is CCC1CCC(CC2CCC(CC3CCCCC3)CC2)CC1. The molecule has 3 saturated carbocycles. The minimum absolute atomic E-state index is 1.07. The molecule has 0 saturated heterocycles. The van der Waals surface area contributed by atoms with Crippen LogP contribution in [0.5, 0.6) is 0 Å². The molecule has 0 atom stereocenters. The predicted octanol–water partition coefficient (Wildman–Crippen LogP) is 7.37. The Morgan fingerprint density at radius 3 is 1.23 bits per heavy atom. The molecule has 0 nitrogen and oxygen atoms in total. The molecule has 0 N–H and O–H groups in total. The van der Waals surface area contributed by atoms with E-state index < -0.39 is 0 Å². The molecule has 3 aliphatic carbocycles. The molecule has 0 heteroatoms. The summed E-state index contributed by atoms with van der Waals surface area (Å²) in [6, 6.07) is 0. The summed E-state index contributed by atoms with van der Waals surface area (Å²) in [4.78, 5) is 0. The van der Waals surface area contributed by atoms with Crippen molar-refractivity contribution in [1.82, 2.24) is 0 Å². The number of rotatable bonds is 5. The highest BCUT2D eigenvalue weighted by Gasteiger charge is 2.27. The summed E-state index contributed by atoms with van der Waals surface area (Å²) in [5.74, 6) is 5.49. The van der Waals surface area contributed by atoms with Crippen LogP contribution in [0.25, 0.3) is 0 Å². The van der Waals surface area contributed by atoms with E-state index in [0.29, 0.717) is 0 Å². The molecular formula is C22H40. The van der Waals surface area contributed by atoms with Crippen LogP contribution in [0, 0.1) is 29.6 Å². The maximum absolute atomic E-state index is 2.39. The van der Waals surface area contributed by atoms with Gasteiger partial charge in [-0.25, -0.2) is 0 Å². The van der Waals surface area contributed by atoms with Crippen molar-refractivity contribution in [2.45, 2.75) is 110 Å². The van der Waals surface area contributed by atoms with Gasteiger partial charge in [-0.3, -0.25) is 0 Å². The van der Waals surface area contributed by atoms with E-state index in [1.165, 1.54) is 38.5 Å². The van der Waals surface area contributed by atoms with Crippen LogP contribution in [0.4, 0.5) is 0 Å². The monoisotopic (exact) mass is 304 g/mol.